The van der Waals surface area contributed by atoms with E-state index in [1.807, 2.05) is 6.92 Å². The molecule has 0 radical (unpaired) electrons. The van der Waals surface area contributed by atoms with Crippen molar-refractivity contribution < 1.29 is 24.5 Å². The Labute approximate surface area is 163 Å². The van der Waals surface area contributed by atoms with Gasteiger partial charge < -0.3 is 19.7 Å². The molecule has 27 heavy (non-hydrogen) atoms. The van der Waals surface area contributed by atoms with Crippen molar-refractivity contribution in [2.75, 3.05) is 7.11 Å². The standard InChI is InChI=1S/C22H36O5/c1-14-7-5-9-15(2)18(23)19-16(22(11-12-22)20(24)26-4)13-17(27-19)21(3,25)10-6-8-14/h8,15-19,23,25H,5-7,9-13H2,1-4H3/b14-8+/t15-,16-,17+,18+,19-,21-/m1/s1. The van der Waals surface area contributed by atoms with Crippen LogP contribution in [0.25, 0.3) is 0 Å². The van der Waals surface area contributed by atoms with Gasteiger partial charge in [-0.05, 0) is 71.1 Å². The van der Waals surface area contributed by atoms with E-state index in [4.69, 9.17) is 9.47 Å². The van der Waals surface area contributed by atoms with Crippen LogP contribution in [0, 0.1) is 17.3 Å². The number of fused-ring (bicyclic) bond motifs is 2. The van der Waals surface area contributed by atoms with Gasteiger partial charge in [-0.1, -0.05) is 18.6 Å². The Balaban J connectivity index is 1.89. The second-order valence-electron chi connectivity index (χ2n) is 9.39. The Morgan fingerprint density at radius 2 is 2.04 bits per heavy atom. The van der Waals surface area contributed by atoms with Gasteiger partial charge in [-0.25, -0.2) is 0 Å². The second-order valence-corrected chi connectivity index (χ2v) is 9.39. The molecule has 1 aliphatic carbocycles. The molecule has 5 heteroatoms. The zero-order valence-corrected chi connectivity index (χ0v) is 17.2. The summed E-state index contributed by atoms with van der Waals surface area (Å²) in [6, 6.07) is 0. The minimum atomic E-state index is -0.979. The summed E-state index contributed by atoms with van der Waals surface area (Å²) in [4.78, 5) is 12.5. The topological polar surface area (TPSA) is 76.0 Å². The van der Waals surface area contributed by atoms with Crippen molar-refractivity contribution in [1.29, 1.82) is 0 Å². The molecule has 2 bridgehead atoms. The largest absolute Gasteiger partial charge is 0.469 e. The van der Waals surface area contributed by atoms with Crippen molar-refractivity contribution >= 4 is 5.97 Å². The lowest BCUT2D eigenvalue weighted by Gasteiger charge is -2.32. The van der Waals surface area contributed by atoms with Gasteiger partial charge >= 0.3 is 5.97 Å². The summed E-state index contributed by atoms with van der Waals surface area (Å²) in [5.41, 5.74) is -0.177. The van der Waals surface area contributed by atoms with Crippen molar-refractivity contribution in [2.45, 2.75) is 96.1 Å². The number of hydrogen-bond donors (Lipinski definition) is 2. The smallest absolute Gasteiger partial charge is 0.312 e. The van der Waals surface area contributed by atoms with E-state index in [1.165, 1.54) is 12.7 Å². The number of methoxy groups -OCH3 is 1. The van der Waals surface area contributed by atoms with Gasteiger partial charge in [0.05, 0.1) is 36.4 Å². The third-order valence-electron chi connectivity index (χ3n) is 7.26. The van der Waals surface area contributed by atoms with Crippen molar-refractivity contribution in [2.24, 2.45) is 17.3 Å². The number of allylic oxidation sites excluding steroid dienone is 2. The Morgan fingerprint density at radius 3 is 2.67 bits per heavy atom. The van der Waals surface area contributed by atoms with Crippen LogP contribution >= 0.6 is 0 Å². The zero-order chi connectivity index (χ0) is 19.8. The lowest BCUT2D eigenvalue weighted by Crippen LogP contribution is -2.43. The van der Waals surface area contributed by atoms with Crippen LogP contribution < -0.4 is 0 Å². The summed E-state index contributed by atoms with van der Waals surface area (Å²) in [6.07, 6.45) is 7.34. The first-order valence-corrected chi connectivity index (χ1v) is 10.5. The molecule has 0 unspecified atom stereocenters. The summed E-state index contributed by atoms with van der Waals surface area (Å²) < 4.78 is 11.4. The van der Waals surface area contributed by atoms with E-state index >= 15 is 0 Å². The van der Waals surface area contributed by atoms with Gasteiger partial charge in [-0.2, -0.15) is 0 Å². The van der Waals surface area contributed by atoms with E-state index in [0.717, 1.165) is 38.5 Å². The Morgan fingerprint density at radius 1 is 1.33 bits per heavy atom. The number of ether oxygens (including phenoxy) is 2. The zero-order valence-electron chi connectivity index (χ0n) is 17.2. The quantitative estimate of drug-likeness (QED) is 0.567. The number of rotatable bonds is 2. The van der Waals surface area contributed by atoms with E-state index in [-0.39, 0.29) is 23.9 Å². The van der Waals surface area contributed by atoms with Gasteiger partial charge in [0.25, 0.3) is 0 Å². The van der Waals surface area contributed by atoms with Crippen molar-refractivity contribution in [1.82, 2.24) is 0 Å². The molecule has 3 rings (SSSR count). The van der Waals surface area contributed by atoms with E-state index in [0.29, 0.717) is 12.8 Å². The van der Waals surface area contributed by atoms with Gasteiger partial charge in [0.1, 0.15) is 0 Å². The number of esters is 1. The molecule has 154 valence electrons. The van der Waals surface area contributed by atoms with Crippen LogP contribution in [0.2, 0.25) is 0 Å². The van der Waals surface area contributed by atoms with Crippen LogP contribution in [-0.2, 0) is 14.3 Å². The first kappa shape index (κ1) is 20.8. The van der Waals surface area contributed by atoms with E-state index < -0.39 is 23.2 Å². The molecular weight excluding hydrogens is 344 g/mol. The number of aliphatic hydroxyl groups excluding tert-OH is 1. The highest BCUT2D eigenvalue weighted by Crippen LogP contribution is 2.59. The van der Waals surface area contributed by atoms with Crippen LogP contribution in [-0.4, -0.2) is 47.2 Å². The molecular formula is C22H36O5. The van der Waals surface area contributed by atoms with Gasteiger partial charge in [0, 0.05) is 5.92 Å². The molecule has 2 heterocycles. The van der Waals surface area contributed by atoms with Gasteiger partial charge in [-0.15, -0.1) is 0 Å². The molecule has 0 spiro atoms. The summed E-state index contributed by atoms with van der Waals surface area (Å²) in [7, 11) is 1.43. The SMILES string of the molecule is COC(=O)C1([C@@H]2C[C@@H]3O[C@H]2[C@@H](O)[C@H](C)CCC/C(C)=C/CC[C@@]3(C)O)CC1. The highest BCUT2D eigenvalue weighted by atomic mass is 16.5. The molecule has 2 N–H and O–H groups in total. The predicted molar refractivity (Wildman–Crippen MR) is 103 cm³/mol. The lowest BCUT2D eigenvalue weighted by atomic mass is 9.76. The number of carbonyl (C=O) groups is 1. The molecule has 1 saturated carbocycles. The number of carbonyl (C=O) groups excluding carboxylic acids is 1. The summed E-state index contributed by atoms with van der Waals surface area (Å²) in [6.45, 7) is 6.03. The van der Waals surface area contributed by atoms with Gasteiger partial charge in [0.2, 0.25) is 0 Å². The minimum absolute atomic E-state index is 0.0863. The summed E-state index contributed by atoms with van der Waals surface area (Å²) in [5.74, 6) is -0.205. The van der Waals surface area contributed by atoms with Gasteiger partial charge in [-0.3, -0.25) is 4.79 Å². The van der Waals surface area contributed by atoms with Crippen LogP contribution in [0.5, 0.6) is 0 Å². The fourth-order valence-corrected chi connectivity index (χ4v) is 5.10. The maximum Gasteiger partial charge on any atom is 0.312 e. The van der Waals surface area contributed by atoms with E-state index in [1.54, 1.807) is 0 Å². The first-order valence-electron chi connectivity index (χ1n) is 10.5. The average Bonchev–Trinajstić information content (AvgIpc) is 3.30. The van der Waals surface area contributed by atoms with Crippen LogP contribution in [0.15, 0.2) is 11.6 Å². The van der Waals surface area contributed by atoms with E-state index in [2.05, 4.69) is 19.9 Å². The van der Waals surface area contributed by atoms with Gasteiger partial charge in [0.15, 0.2) is 0 Å². The maximum absolute atomic E-state index is 12.5. The molecule has 3 aliphatic rings. The first-order chi connectivity index (χ1) is 12.7. The molecule has 6 atom stereocenters. The van der Waals surface area contributed by atoms with Crippen LogP contribution in [0.3, 0.4) is 0 Å². The maximum atomic E-state index is 12.5. The third kappa shape index (κ3) is 4.10. The fourth-order valence-electron chi connectivity index (χ4n) is 5.10. The van der Waals surface area contributed by atoms with E-state index in [9.17, 15) is 15.0 Å². The molecule has 0 amide bonds. The van der Waals surface area contributed by atoms with Crippen molar-refractivity contribution in [3.05, 3.63) is 11.6 Å². The number of aliphatic hydroxyl groups is 2. The molecule has 0 aromatic rings. The molecule has 0 aromatic carbocycles. The summed E-state index contributed by atoms with van der Waals surface area (Å²) >= 11 is 0. The normalized spacial score (nSPS) is 44.2. The van der Waals surface area contributed by atoms with Crippen molar-refractivity contribution in [3.63, 3.8) is 0 Å². The average molecular weight is 381 g/mol. The van der Waals surface area contributed by atoms with Crippen molar-refractivity contribution in [3.8, 4) is 0 Å². The molecule has 2 fully saturated rings. The molecule has 1 saturated heterocycles. The molecule has 2 aliphatic heterocycles. The monoisotopic (exact) mass is 380 g/mol. The molecule has 5 nitrogen and oxygen atoms in total. The Kier molecular flexibility index (Phi) is 6.05. The van der Waals surface area contributed by atoms with Crippen LogP contribution in [0.1, 0.15) is 72.1 Å². The lowest BCUT2D eigenvalue weighted by molar-refractivity contribution is -0.154. The third-order valence-corrected chi connectivity index (χ3v) is 7.26. The minimum Gasteiger partial charge on any atom is -0.469 e. The predicted octanol–water partition coefficient (Wildman–Crippen LogP) is 3.37. The molecule has 0 aromatic heterocycles. The Bertz CT molecular complexity index is 577. The highest BCUT2D eigenvalue weighted by Gasteiger charge is 2.64. The number of hydrogen-bond acceptors (Lipinski definition) is 5. The fraction of sp³-hybridized carbons (Fsp3) is 0.864. The second kappa shape index (κ2) is 7.84. The summed E-state index contributed by atoms with van der Waals surface area (Å²) in [5, 5.41) is 22.2. The highest BCUT2D eigenvalue weighted by molar-refractivity contribution is 5.80. The van der Waals surface area contributed by atoms with Crippen LogP contribution in [0.4, 0.5) is 0 Å². The Hall–Kier alpha value is -0.910.